The van der Waals surface area contributed by atoms with Gasteiger partial charge in [-0.15, -0.1) is 0 Å². The van der Waals surface area contributed by atoms with Gasteiger partial charge in [-0.05, 0) is 50.6 Å². The van der Waals surface area contributed by atoms with Gasteiger partial charge in [-0.3, -0.25) is 14.0 Å². The molecular formula is C23H24FN7O2. The molecule has 9 nitrogen and oxygen atoms in total. The summed E-state index contributed by atoms with van der Waals surface area (Å²) in [6.07, 6.45) is 5.16. The Morgan fingerprint density at radius 3 is 2.85 bits per heavy atom. The van der Waals surface area contributed by atoms with Gasteiger partial charge >= 0.3 is 0 Å². The average Bonchev–Trinajstić information content (AvgIpc) is 3.28. The number of aromatic nitrogens is 5. The minimum atomic E-state index is -0.581. The van der Waals surface area contributed by atoms with Gasteiger partial charge in [-0.1, -0.05) is 6.58 Å². The highest BCUT2D eigenvalue weighted by molar-refractivity contribution is 6.00. The van der Waals surface area contributed by atoms with Crippen molar-refractivity contribution < 1.29 is 14.3 Å². The summed E-state index contributed by atoms with van der Waals surface area (Å²) in [5.74, 6) is -0.595. The molecule has 4 aromatic rings. The number of hydrogen-bond donors (Lipinski definition) is 3. The lowest BCUT2D eigenvalue weighted by molar-refractivity contribution is -0.111. The number of nitrogens with zero attached hydrogens (tertiary/aromatic N) is 5. The van der Waals surface area contributed by atoms with Gasteiger partial charge in [-0.25, -0.2) is 9.37 Å². The molecule has 1 amide bonds. The number of aryl methyl sites for hydroxylation is 1. The van der Waals surface area contributed by atoms with Gasteiger partial charge in [0.1, 0.15) is 0 Å². The zero-order valence-electron chi connectivity index (χ0n) is 18.5. The third kappa shape index (κ3) is 4.46. The maximum absolute atomic E-state index is 14.8. The van der Waals surface area contributed by atoms with E-state index in [4.69, 9.17) is 0 Å². The Bertz CT molecular complexity index is 1360. The minimum absolute atomic E-state index is 0.0857. The van der Waals surface area contributed by atoms with Gasteiger partial charge in [0.15, 0.2) is 11.6 Å². The van der Waals surface area contributed by atoms with E-state index >= 15 is 0 Å². The second-order valence-electron chi connectivity index (χ2n) is 7.77. The number of fused-ring (bicyclic) bond motifs is 1. The largest absolute Gasteiger partial charge is 0.391 e. The van der Waals surface area contributed by atoms with Crippen molar-refractivity contribution in [1.82, 2.24) is 24.3 Å². The number of aliphatic hydroxyl groups excluding tert-OH is 1. The molecule has 170 valence electrons. The van der Waals surface area contributed by atoms with Crippen molar-refractivity contribution in [2.24, 2.45) is 0 Å². The van der Waals surface area contributed by atoms with Crippen molar-refractivity contribution in [3.05, 3.63) is 66.5 Å². The highest BCUT2D eigenvalue weighted by Gasteiger charge is 2.16. The topological polar surface area (TPSA) is 110 Å². The third-order valence-corrected chi connectivity index (χ3v) is 5.20. The SMILES string of the molecule is C=CC(=O)Nc1ccc2c(c1)c(C)cn2-c1nc(Nc2cnn(C[C@@H](C)O)c2C)ncc1F. The number of hydrogen-bond acceptors (Lipinski definition) is 6. The maximum atomic E-state index is 14.8. The van der Waals surface area contributed by atoms with Crippen LogP contribution in [0, 0.1) is 19.7 Å². The number of anilines is 3. The van der Waals surface area contributed by atoms with E-state index in [1.165, 1.54) is 6.08 Å². The second-order valence-corrected chi connectivity index (χ2v) is 7.77. The summed E-state index contributed by atoms with van der Waals surface area (Å²) in [7, 11) is 0. The van der Waals surface area contributed by atoms with Gasteiger partial charge < -0.3 is 15.7 Å². The summed E-state index contributed by atoms with van der Waals surface area (Å²) in [5, 5.41) is 20.5. The molecule has 10 heteroatoms. The van der Waals surface area contributed by atoms with Crippen LogP contribution >= 0.6 is 0 Å². The van der Waals surface area contributed by atoms with Crippen LogP contribution in [0.2, 0.25) is 0 Å². The third-order valence-electron chi connectivity index (χ3n) is 5.20. The predicted molar refractivity (Wildman–Crippen MR) is 124 cm³/mol. The van der Waals surface area contributed by atoms with Crippen LogP contribution in [-0.4, -0.2) is 41.4 Å². The molecule has 3 aromatic heterocycles. The van der Waals surface area contributed by atoms with Crippen molar-refractivity contribution in [3.8, 4) is 5.82 Å². The standard InChI is InChI=1S/C23H24FN7O2/c1-5-21(33)27-16-6-7-20-17(8-16)13(2)11-30(20)22-18(24)9-25-23(29-22)28-19-10-26-31(15(19)4)12-14(3)32/h5-11,14,32H,1,12H2,2-4H3,(H,27,33)(H,25,28,29)/t14-/m1/s1. The zero-order chi connectivity index (χ0) is 23.7. The van der Waals surface area contributed by atoms with E-state index in [9.17, 15) is 14.3 Å². The normalized spacial score (nSPS) is 12.0. The van der Waals surface area contributed by atoms with Gasteiger partial charge in [0.2, 0.25) is 11.9 Å². The summed E-state index contributed by atoms with van der Waals surface area (Å²) < 4.78 is 18.1. The Hall–Kier alpha value is -4.05. The molecular weight excluding hydrogens is 425 g/mol. The first-order valence-corrected chi connectivity index (χ1v) is 10.3. The molecule has 0 saturated heterocycles. The van der Waals surface area contributed by atoms with Crippen molar-refractivity contribution in [2.45, 2.75) is 33.4 Å². The quantitative estimate of drug-likeness (QED) is 0.372. The van der Waals surface area contributed by atoms with Crippen LogP contribution in [0.1, 0.15) is 18.2 Å². The smallest absolute Gasteiger partial charge is 0.247 e. The lowest BCUT2D eigenvalue weighted by atomic mass is 10.2. The van der Waals surface area contributed by atoms with Crippen LogP contribution in [0.4, 0.5) is 21.7 Å². The molecule has 0 aliphatic rings. The van der Waals surface area contributed by atoms with Crippen LogP contribution in [0.5, 0.6) is 0 Å². The number of amides is 1. The van der Waals surface area contributed by atoms with Crippen molar-refractivity contribution in [2.75, 3.05) is 10.6 Å². The molecule has 1 aromatic carbocycles. The van der Waals surface area contributed by atoms with E-state index in [2.05, 4.69) is 32.3 Å². The molecule has 33 heavy (non-hydrogen) atoms. The first-order valence-electron chi connectivity index (χ1n) is 10.3. The summed E-state index contributed by atoms with van der Waals surface area (Å²) >= 11 is 0. The summed E-state index contributed by atoms with van der Waals surface area (Å²) in [4.78, 5) is 20.1. The molecule has 0 unspecified atom stereocenters. The summed E-state index contributed by atoms with van der Waals surface area (Å²) in [6, 6.07) is 5.35. The van der Waals surface area contributed by atoms with Crippen molar-refractivity contribution in [1.29, 1.82) is 0 Å². The number of aliphatic hydroxyl groups is 1. The number of nitrogens with one attached hydrogen (secondary N) is 2. The average molecular weight is 449 g/mol. The molecule has 0 aliphatic heterocycles. The number of rotatable bonds is 7. The van der Waals surface area contributed by atoms with Crippen molar-refractivity contribution in [3.63, 3.8) is 0 Å². The van der Waals surface area contributed by atoms with Gasteiger partial charge in [0.25, 0.3) is 0 Å². The molecule has 0 fully saturated rings. The molecule has 3 N–H and O–H groups in total. The summed E-state index contributed by atoms with van der Waals surface area (Å²) in [5.41, 5.74) is 3.69. The fourth-order valence-electron chi connectivity index (χ4n) is 3.55. The highest BCUT2D eigenvalue weighted by atomic mass is 19.1. The van der Waals surface area contributed by atoms with Crippen LogP contribution < -0.4 is 10.6 Å². The lowest BCUT2D eigenvalue weighted by Crippen LogP contribution is -2.14. The van der Waals surface area contributed by atoms with Gasteiger partial charge in [0, 0.05) is 17.3 Å². The van der Waals surface area contributed by atoms with Crippen LogP contribution in [0.25, 0.3) is 16.7 Å². The van der Waals surface area contributed by atoms with E-state index in [-0.39, 0.29) is 17.7 Å². The van der Waals surface area contributed by atoms with E-state index in [0.29, 0.717) is 17.9 Å². The Morgan fingerprint density at radius 2 is 2.12 bits per heavy atom. The van der Waals surface area contributed by atoms with Crippen LogP contribution in [-0.2, 0) is 11.3 Å². The fraction of sp³-hybridized carbons (Fsp3) is 0.217. The van der Waals surface area contributed by atoms with Gasteiger partial charge in [-0.2, -0.15) is 10.1 Å². The monoisotopic (exact) mass is 449 g/mol. The number of benzene rings is 1. The Labute approximate surface area is 189 Å². The molecule has 0 aliphatic carbocycles. The van der Waals surface area contributed by atoms with E-state index in [0.717, 1.165) is 28.4 Å². The molecule has 3 heterocycles. The predicted octanol–water partition coefficient (Wildman–Crippen LogP) is 3.62. The molecule has 0 bridgehead atoms. The first kappa shape index (κ1) is 22.2. The minimum Gasteiger partial charge on any atom is -0.391 e. The number of carbonyl (C=O) groups excluding carboxylic acids is 1. The Balaban J connectivity index is 1.69. The van der Waals surface area contributed by atoms with E-state index < -0.39 is 11.9 Å². The maximum Gasteiger partial charge on any atom is 0.247 e. The number of carbonyl (C=O) groups is 1. The Kier molecular flexibility index (Phi) is 5.93. The van der Waals surface area contributed by atoms with E-state index in [1.54, 1.807) is 40.7 Å². The summed E-state index contributed by atoms with van der Waals surface area (Å²) in [6.45, 7) is 9.24. The lowest BCUT2D eigenvalue weighted by Gasteiger charge is -2.10. The highest BCUT2D eigenvalue weighted by Crippen LogP contribution is 2.28. The molecule has 0 radical (unpaired) electrons. The zero-order valence-corrected chi connectivity index (χ0v) is 18.5. The molecule has 0 spiro atoms. The van der Waals surface area contributed by atoms with Crippen LogP contribution in [0.15, 0.2) is 49.4 Å². The fourth-order valence-corrected chi connectivity index (χ4v) is 3.55. The molecule has 1 atom stereocenters. The van der Waals surface area contributed by atoms with Crippen molar-refractivity contribution >= 4 is 34.1 Å². The second kappa shape index (κ2) is 8.83. The molecule has 0 saturated carbocycles. The van der Waals surface area contributed by atoms with Gasteiger partial charge in [0.05, 0.1) is 41.9 Å². The first-order chi connectivity index (χ1) is 15.8. The Morgan fingerprint density at radius 1 is 1.33 bits per heavy atom. The number of halogens is 1. The van der Waals surface area contributed by atoms with Crippen LogP contribution in [0.3, 0.4) is 0 Å². The molecule has 4 rings (SSSR count). The van der Waals surface area contributed by atoms with E-state index in [1.807, 2.05) is 19.9 Å².